The molecule has 0 saturated heterocycles. The van der Waals surface area contributed by atoms with Gasteiger partial charge in [0, 0.05) is 10.9 Å². The van der Waals surface area contributed by atoms with Gasteiger partial charge in [-0.05, 0) is 31.5 Å². The highest BCUT2D eigenvalue weighted by Gasteiger charge is 2.21. The number of anilines is 1. The smallest absolute Gasteiger partial charge is 0.338 e. The lowest BCUT2D eigenvalue weighted by Crippen LogP contribution is -2.15. The molecule has 110 valence electrons. The third-order valence-electron chi connectivity index (χ3n) is 3.02. The summed E-state index contributed by atoms with van der Waals surface area (Å²) in [6, 6.07) is 3.13. The molecular weight excluding hydrogens is 297 g/mol. The van der Waals surface area contributed by atoms with Crippen LogP contribution in [-0.2, 0) is 0 Å². The van der Waals surface area contributed by atoms with E-state index in [1.807, 2.05) is 0 Å². The summed E-state index contributed by atoms with van der Waals surface area (Å²) in [5.41, 5.74) is 0.298. The number of carboxylic acid groups (broad SMARTS) is 1. The summed E-state index contributed by atoms with van der Waals surface area (Å²) in [6.07, 6.45) is 0. The molecule has 1 aromatic carbocycles. The predicted octanol–water partition coefficient (Wildman–Crippen LogP) is 3.16. The van der Waals surface area contributed by atoms with Gasteiger partial charge in [0.15, 0.2) is 0 Å². The molecule has 0 aliphatic rings. The standard InChI is InChI=1S/C14H12FNO4S/c1-6-7(2)21-13(11(6)14(19)20)16-12(18)9-4-3-8(17)5-10(9)15/h3-5,17H,1-2H3,(H,16,18)(H,19,20). The first-order valence-electron chi connectivity index (χ1n) is 5.94. The van der Waals surface area contributed by atoms with E-state index in [2.05, 4.69) is 5.32 Å². The van der Waals surface area contributed by atoms with Crippen LogP contribution in [0.15, 0.2) is 18.2 Å². The lowest BCUT2D eigenvalue weighted by Gasteiger charge is -2.06. The van der Waals surface area contributed by atoms with Gasteiger partial charge in [-0.2, -0.15) is 0 Å². The fourth-order valence-corrected chi connectivity index (χ4v) is 2.88. The Morgan fingerprint density at radius 3 is 2.52 bits per heavy atom. The third kappa shape index (κ3) is 2.87. The summed E-state index contributed by atoms with van der Waals surface area (Å²) in [5.74, 6) is -3.10. The van der Waals surface area contributed by atoms with E-state index in [9.17, 15) is 19.1 Å². The number of hydrogen-bond donors (Lipinski definition) is 3. The molecule has 0 bridgehead atoms. The summed E-state index contributed by atoms with van der Waals surface area (Å²) in [4.78, 5) is 24.0. The van der Waals surface area contributed by atoms with Gasteiger partial charge in [-0.1, -0.05) is 0 Å². The van der Waals surface area contributed by atoms with Crippen LogP contribution in [0.4, 0.5) is 9.39 Å². The Balaban J connectivity index is 2.36. The zero-order valence-electron chi connectivity index (χ0n) is 11.2. The van der Waals surface area contributed by atoms with Gasteiger partial charge in [-0.3, -0.25) is 4.79 Å². The maximum Gasteiger partial charge on any atom is 0.338 e. The van der Waals surface area contributed by atoms with Crippen LogP contribution in [0, 0.1) is 19.7 Å². The Morgan fingerprint density at radius 2 is 1.95 bits per heavy atom. The minimum Gasteiger partial charge on any atom is -0.508 e. The van der Waals surface area contributed by atoms with Crippen LogP contribution < -0.4 is 5.32 Å². The normalized spacial score (nSPS) is 10.4. The van der Waals surface area contributed by atoms with Crippen molar-refractivity contribution >= 4 is 28.2 Å². The van der Waals surface area contributed by atoms with Crippen LogP contribution in [0.1, 0.15) is 31.2 Å². The van der Waals surface area contributed by atoms with E-state index >= 15 is 0 Å². The van der Waals surface area contributed by atoms with E-state index in [0.29, 0.717) is 5.56 Å². The molecule has 2 aromatic rings. The van der Waals surface area contributed by atoms with Crippen LogP contribution in [-0.4, -0.2) is 22.1 Å². The highest BCUT2D eigenvalue weighted by atomic mass is 32.1. The second-order valence-electron chi connectivity index (χ2n) is 4.41. The molecule has 2 rings (SSSR count). The first-order chi connectivity index (χ1) is 9.81. The average Bonchev–Trinajstić information content (AvgIpc) is 2.64. The van der Waals surface area contributed by atoms with E-state index in [4.69, 9.17) is 5.11 Å². The lowest BCUT2D eigenvalue weighted by atomic mass is 10.1. The number of carbonyl (C=O) groups is 2. The quantitative estimate of drug-likeness (QED) is 0.813. The number of rotatable bonds is 3. The SMILES string of the molecule is Cc1sc(NC(=O)c2ccc(O)cc2F)c(C(=O)O)c1C. The minimum atomic E-state index is -1.15. The van der Waals surface area contributed by atoms with Gasteiger partial charge in [0.05, 0.1) is 11.1 Å². The minimum absolute atomic E-state index is 0.00466. The molecule has 0 fully saturated rings. The molecule has 5 nitrogen and oxygen atoms in total. The Morgan fingerprint density at radius 1 is 1.29 bits per heavy atom. The molecule has 7 heteroatoms. The summed E-state index contributed by atoms with van der Waals surface area (Å²) in [6.45, 7) is 3.38. The van der Waals surface area contributed by atoms with E-state index in [1.165, 1.54) is 6.07 Å². The van der Waals surface area contributed by atoms with Crippen molar-refractivity contribution in [3.8, 4) is 5.75 Å². The zero-order chi connectivity index (χ0) is 15.7. The van der Waals surface area contributed by atoms with E-state index in [-0.39, 0.29) is 21.9 Å². The van der Waals surface area contributed by atoms with E-state index < -0.39 is 17.7 Å². The van der Waals surface area contributed by atoms with Crippen LogP contribution >= 0.6 is 11.3 Å². The Hall–Kier alpha value is -2.41. The molecule has 0 saturated carbocycles. The van der Waals surface area contributed by atoms with Crippen LogP contribution in [0.5, 0.6) is 5.75 Å². The molecular formula is C14H12FNO4S. The number of phenolic OH excluding ortho intramolecular Hbond substituents is 1. The van der Waals surface area contributed by atoms with E-state index in [1.54, 1.807) is 13.8 Å². The first-order valence-corrected chi connectivity index (χ1v) is 6.76. The fraction of sp³-hybridized carbons (Fsp3) is 0.143. The number of nitrogens with one attached hydrogen (secondary N) is 1. The number of carbonyl (C=O) groups excluding carboxylic acids is 1. The molecule has 1 aromatic heterocycles. The molecule has 1 heterocycles. The summed E-state index contributed by atoms with van der Waals surface area (Å²) in [7, 11) is 0. The third-order valence-corrected chi connectivity index (χ3v) is 4.15. The first kappa shape index (κ1) is 15.0. The summed E-state index contributed by atoms with van der Waals surface area (Å²) < 4.78 is 13.6. The highest BCUT2D eigenvalue weighted by molar-refractivity contribution is 7.16. The molecule has 0 spiro atoms. The molecule has 0 atom stereocenters. The number of amides is 1. The number of thiophene rings is 1. The maximum atomic E-state index is 13.6. The molecule has 0 radical (unpaired) electrons. The van der Waals surface area contributed by atoms with Crippen LogP contribution in [0.2, 0.25) is 0 Å². The largest absolute Gasteiger partial charge is 0.508 e. The van der Waals surface area contributed by atoms with Crippen molar-refractivity contribution in [3.63, 3.8) is 0 Å². The second-order valence-corrected chi connectivity index (χ2v) is 5.64. The fourth-order valence-electron chi connectivity index (χ4n) is 1.83. The number of phenols is 1. The molecule has 3 N–H and O–H groups in total. The maximum absolute atomic E-state index is 13.6. The van der Waals surface area contributed by atoms with Crippen LogP contribution in [0.25, 0.3) is 0 Å². The number of benzene rings is 1. The highest BCUT2D eigenvalue weighted by Crippen LogP contribution is 2.32. The number of hydrogen-bond acceptors (Lipinski definition) is 4. The molecule has 21 heavy (non-hydrogen) atoms. The Labute approximate surface area is 123 Å². The number of carboxylic acids is 1. The van der Waals surface area contributed by atoms with Crippen molar-refractivity contribution in [2.45, 2.75) is 13.8 Å². The number of aromatic hydroxyl groups is 1. The summed E-state index contributed by atoms with van der Waals surface area (Å²) in [5, 5.41) is 20.9. The van der Waals surface area contributed by atoms with E-state index in [0.717, 1.165) is 28.3 Å². The Bertz CT molecular complexity index is 739. The molecule has 0 unspecified atom stereocenters. The van der Waals surface area contributed by atoms with Gasteiger partial charge in [-0.15, -0.1) is 11.3 Å². The van der Waals surface area contributed by atoms with Crippen molar-refractivity contribution in [1.82, 2.24) is 0 Å². The van der Waals surface area contributed by atoms with Gasteiger partial charge < -0.3 is 15.5 Å². The molecule has 1 amide bonds. The zero-order valence-corrected chi connectivity index (χ0v) is 12.0. The average molecular weight is 309 g/mol. The van der Waals surface area contributed by atoms with Crippen molar-refractivity contribution < 1.29 is 24.2 Å². The predicted molar refractivity (Wildman–Crippen MR) is 76.8 cm³/mol. The van der Waals surface area contributed by atoms with Crippen molar-refractivity contribution in [2.75, 3.05) is 5.32 Å². The number of aryl methyl sites for hydroxylation is 1. The van der Waals surface area contributed by atoms with Crippen LogP contribution in [0.3, 0.4) is 0 Å². The van der Waals surface area contributed by atoms with Crippen molar-refractivity contribution in [1.29, 1.82) is 0 Å². The molecule has 0 aliphatic carbocycles. The van der Waals surface area contributed by atoms with Crippen molar-refractivity contribution in [2.24, 2.45) is 0 Å². The number of halogens is 1. The number of aromatic carboxylic acids is 1. The van der Waals surface area contributed by atoms with Gasteiger partial charge in [0.2, 0.25) is 0 Å². The lowest BCUT2D eigenvalue weighted by molar-refractivity contribution is 0.0697. The van der Waals surface area contributed by atoms with Crippen molar-refractivity contribution in [3.05, 3.63) is 45.6 Å². The monoisotopic (exact) mass is 309 g/mol. The molecule has 0 aliphatic heterocycles. The summed E-state index contributed by atoms with van der Waals surface area (Å²) >= 11 is 1.12. The Kier molecular flexibility index (Phi) is 3.95. The van der Waals surface area contributed by atoms with Gasteiger partial charge in [-0.25, -0.2) is 9.18 Å². The van der Waals surface area contributed by atoms with Gasteiger partial charge >= 0.3 is 5.97 Å². The second kappa shape index (κ2) is 5.53. The van der Waals surface area contributed by atoms with Gasteiger partial charge in [0.25, 0.3) is 5.91 Å². The topological polar surface area (TPSA) is 86.6 Å². The van der Waals surface area contributed by atoms with Gasteiger partial charge in [0.1, 0.15) is 16.6 Å².